The molecule has 0 amide bonds. The first-order valence-corrected chi connectivity index (χ1v) is 5.83. The lowest BCUT2D eigenvalue weighted by Crippen LogP contribution is -2.06. The van der Waals surface area contributed by atoms with Gasteiger partial charge in [-0.25, -0.2) is 4.79 Å². The van der Waals surface area contributed by atoms with E-state index in [0.29, 0.717) is 5.56 Å². The summed E-state index contributed by atoms with van der Waals surface area (Å²) in [6.45, 7) is 1.97. The lowest BCUT2D eigenvalue weighted by Gasteiger charge is -2.10. The molecule has 1 heterocycles. The summed E-state index contributed by atoms with van der Waals surface area (Å²) < 4.78 is 0. The fourth-order valence-electron chi connectivity index (χ4n) is 2.67. The van der Waals surface area contributed by atoms with Crippen molar-refractivity contribution in [2.24, 2.45) is 0 Å². The van der Waals surface area contributed by atoms with E-state index in [1.807, 2.05) is 25.1 Å². The number of carboxylic acid groups (broad SMARTS) is 1. The van der Waals surface area contributed by atoms with E-state index in [9.17, 15) is 9.90 Å². The van der Waals surface area contributed by atoms with Crippen LogP contribution in [-0.2, 0) is 12.8 Å². The van der Waals surface area contributed by atoms with Crippen LogP contribution in [0, 0.1) is 6.92 Å². The van der Waals surface area contributed by atoms with Gasteiger partial charge < -0.3 is 5.11 Å². The van der Waals surface area contributed by atoms with Gasteiger partial charge in [0.15, 0.2) is 0 Å². The van der Waals surface area contributed by atoms with Crippen molar-refractivity contribution < 1.29 is 9.90 Å². The third kappa shape index (κ3) is 1.42. The molecule has 0 bridgehead atoms. The number of aromatic carboxylic acids is 1. The van der Waals surface area contributed by atoms with Crippen LogP contribution < -0.4 is 0 Å². The number of aromatic nitrogens is 1. The van der Waals surface area contributed by atoms with Gasteiger partial charge in [-0.15, -0.1) is 0 Å². The number of rotatable bonds is 1. The fourth-order valence-corrected chi connectivity index (χ4v) is 2.67. The molecule has 1 aromatic carbocycles. The second-order valence-electron chi connectivity index (χ2n) is 4.54. The minimum atomic E-state index is -0.832. The van der Waals surface area contributed by atoms with E-state index in [1.165, 1.54) is 0 Å². The van der Waals surface area contributed by atoms with Gasteiger partial charge in [-0.3, -0.25) is 4.98 Å². The van der Waals surface area contributed by atoms with Crippen LogP contribution in [0.25, 0.3) is 10.9 Å². The Hall–Kier alpha value is -1.90. The maximum atomic E-state index is 11.5. The first-order valence-electron chi connectivity index (χ1n) is 5.83. The predicted molar refractivity (Wildman–Crippen MR) is 65.5 cm³/mol. The van der Waals surface area contributed by atoms with Gasteiger partial charge >= 0.3 is 5.97 Å². The highest BCUT2D eigenvalue weighted by atomic mass is 16.4. The molecule has 2 aromatic rings. The van der Waals surface area contributed by atoms with Crippen molar-refractivity contribution in [2.75, 3.05) is 0 Å². The number of hydrogen-bond acceptors (Lipinski definition) is 2. The number of carboxylic acids is 1. The third-order valence-electron chi connectivity index (χ3n) is 3.46. The van der Waals surface area contributed by atoms with Crippen molar-refractivity contribution in [2.45, 2.75) is 26.2 Å². The summed E-state index contributed by atoms with van der Waals surface area (Å²) in [5.74, 6) is -0.832. The average Bonchev–Trinajstić information content (AvgIpc) is 2.74. The number of aryl methyl sites for hydroxylation is 2. The van der Waals surface area contributed by atoms with E-state index in [1.54, 1.807) is 0 Å². The largest absolute Gasteiger partial charge is 0.478 e. The summed E-state index contributed by atoms with van der Waals surface area (Å²) in [7, 11) is 0. The van der Waals surface area contributed by atoms with Gasteiger partial charge in [0.25, 0.3) is 0 Å². The minimum Gasteiger partial charge on any atom is -0.478 e. The van der Waals surface area contributed by atoms with Crippen LogP contribution in [-0.4, -0.2) is 16.1 Å². The summed E-state index contributed by atoms with van der Waals surface area (Å²) in [5.41, 5.74) is 4.26. The van der Waals surface area contributed by atoms with E-state index in [2.05, 4.69) is 4.98 Å². The van der Waals surface area contributed by atoms with Gasteiger partial charge in [-0.1, -0.05) is 18.2 Å². The lowest BCUT2D eigenvalue weighted by atomic mass is 9.99. The molecule has 1 N–H and O–H groups in total. The molecule has 3 nitrogen and oxygen atoms in total. The zero-order chi connectivity index (χ0) is 12.0. The van der Waals surface area contributed by atoms with Crippen LogP contribution in [0.2, 0.25) is 0 Å². The van der Waals surface area contributed by atoms with Crippen molar-refractivity contribution in [1.82, 2.24) is 4.98 Å². The molecule has 86 valence electrons. The Kier molecular flexibility index (Phi) is 2.15. The van der Waals surface area contributed by atoms with Crippen LogP contribution in [0.5, 0.6) is 0 Å². The van der Waals surface area contributed by atoms with Crippen molar-refractivity contribution in [3.8, 4) is 0 Å². The molecular formula is C14H13NO2. The number of carbonyl (C=O) groups is 1. The Balaban J connectivity index is 2.49. The van der Waals surface area contributed by atoms with Crippen molar-refractivity contribution in [3.63, 3.8) is 0 Å². The molecule has 0 atom stereocenters. The summed E-state index contributed by atoms with van der Waals surface area (Å²) in [4.78, 5) is 16.1. The topological polar surface area (TPSA) is 50.2 Å². The van der Waals surface area contributed by atoms with E-state index >= 15 is 0 Å². The molecule has 0 saturated heterocycles. The summed E-state index contributed by atoms with van der Waals surface area (Å²) in [6, 6.07) is 5.73. The Bertz CT molecular complexity index is 632. The highest BCUT2D eigenvalue weighted by Crippen LogP contribution is 2.31. The second kappa shape index (κ2) is 3.55. The number of fused-ring (bicyclic) bond motifs is 2. The van der Waals surface area contributed by atoms with Crippen LogP contribution in [0.15, 0.2) is 18.2 Å². The molecule has 17 heavy (non-hydrogen) atoms. The molecule has 3 heteroatoms. The highest BCUT2D eigenvalue weighted by molar-refractivity contribution is 6.05. The molecule has 3 rings (SSSR count). The molecule has 0 fully saturated rings. The van der Waals surface area contributed by atoms with Crippen LogP contribution >= 0.6 is 0 Å². The molecular weight excluding hydrogens is 214 g/mol. The van der Waals surface area contributed by atoms with Crippen LogP contribution in [0.1, 0.15) is 33.6 Å². The second-order valence-corrected chi connectivity index (χ2v) is 4.54. The van der Waals surface area contributed by atoms with Crippen LogP contribution in [0.4, 0.5) is 0 Å². The molecule has 1 aliphatic rings. The number of para-hydroxylation sites is 1. The van der Waals surface area contributed by atoms with Gasteiger partial charge in [0.05, 0.1) is 11.1 Å². The van der Waals surface area contributed by atoms with Gasteiger partial charge in [0.1, 0.15) is 0 Å². The maximum Gasteiger partial charge on any atom is 0.336 e. The Morgan fingerprint density at radius 2 is 2.18 bits per heavy atom. The van der Waals surface area contributed by atoms with E-state index in [4.69, 9.17) is 0 Å². The monoisotopic (exact) mass is 227 g/mol. The number of pyridine rings is 1. The van der Waals surface area contributed by atoms with Gasteiger partial charge in [0.2, 0.25) is 0 Å². The first-order chi connectivity index (χ1) is 8.18. The molecule has 0 radical (unpaired) electrons. The standard InChI is InChI=1S/C14H13NO2/c1-8-4-2-6-10-12(14(16)17)9-5-3-7-11(9)15-13(8)10/h2,4,6H,3,5,7H2,1H3,(H,16,17). The van der Waals surface area contributed by atoms with Gasteiger partial charge in [0, 0.05) is 11.1 Å². The molecule has 1 aromatic heterocycles. The van der Waals surface area contributed by atoms with Crippen molar-refractivity contribution >= 4 is 16.9 Å². The lowest BCUT2D eigenvalue weighted by molar-refractivity contribution is 0.0698. The fraction of sp³-hybridized carbons (Fsp3) is 0.286. The van der Waals surface area contributed by atoms with E-state index in [0.717, 1.165) is 47.0 Å². The highest BCUT2D eigenvalue weighted by Gasteiger charge is 2.23. The minimum absolute atomic E-state index is 0.464. The van der Waals surface area contributed by atoms with Crippen molar-refractivity contribution in [3.05, 3.63) is 40.6 Å². The van der Waals surface area contributed by atoms with E-state index in [-0.39, 0.29) is 0 Å². The number of benzene rings is 1. The third-order valence-corrected chi connectivity index (χ3v) is 3.46. The predicted octanol–water partition coefficient (Wildman–Crippen LogP) is 2.73. The zero-order valence-corrected chi connectivity index (χ0v) is 9.66. The average molecular weight is 227 g/mol. The van der Waals surface area contributed by atoms with Crippen LogP contribution in [0.3, 0.4) is 0 Å². The Labute approximate surface area is 99.1 Å². The maximum absolute atomic E-state index is 11.5. The molecule has 0 saturated carbocycles. The summed E-state index contributed by atoms with van der Waals surface area (Å²) in [6.07, 6.45) is 2.76. The normalized spacial score (nSPS) is 13.9. The van der Waals surface area contributed by atoms with E-state index < -0.39 is 5.97 Å². The molecule has 1 aliphatic carbocycles. The Morgan fingerprint density at radius 3 is 2.94 bits per heavy atom. The smallest absolute Gasteiger partial charge is 0.336 e. The zero-order valence-electron chi connectivity index (χ0n) is 9.66. The number of hydrogen-bond donors (Lipinski definition) is 1. The first kappa shape index (κ1) is 10.3. The van der Waals surface area contributed by atoms with Crippen molar-refractivity contribution in [1.29, 1.82) is 0 Å². The molecule has 0 unspecified atom stereocenters. The molecule has 0 aliphatic heterocycles. The van der Waals surface area contributed by atoms with Gasteiger partial charge in [-0.2, -0.15) is 0 Å². The van der Waals surface area contributed by atoms with Gasteiger partial charge in [-0.05, 0) is 37.3 Å². The number of nitrogens with zero attached hydrogens (tertiary/aromatic N) is 1. The quantitative estimate of drug-likeness (QED) is 0.814. The summed E-state index contributed by atoms with van der Waals surface area (Å²) >= 11 is 0. The Morgan fingerprint density at radius 1 is 1.35 bits per heavy atom. The molecule has 0 spiro atoms. The summed E-state index contributed by atoms with van der Waals surface area (Å²) in [5, 5.41) is 10.2. The SMILES string of the molecule is Cc1cccc2c(C(=O)O)c3c(nc12)CCC3.